The van der Waals surface area contributed by atoms with Crippen LogP contribution in [0.4, 0.5) is 0 Å². The van der Waals surface area contributed by atoms with E-state index in [1.165, 1.54) is 53.8 Å². The average Bonchev–Trinajstić information content (AvgIpc) is 2.88. The van der Waals surface area contributed by atoms with Crippen molar-refractivity contribution in [3.63, 3.8) is 0 Å². The second-order valence-electron chi connectivity index (χ2n) is 5.77. The topological polar surface area (TPSA) is 4.93 Å². The summed E-state index contributed by atoms with van der Waals surface area (Å²) < 4.78 is 2.51. The molecule has 4 rings (SSSR count). The molecule has 19 heavy (non-hydrogen) atoms. The van der Waals surface area contributed by atoms with Crippen molar-refractivity contribution in [2.45, 2.75) is 38.1 Å². The summed E-state index contributed by atoms with van der Waals surface area (Å²) in [6.45, 7) is 0. The molecule has 0 saturated heterocycles. The first-order valence-electron chi connectivity index (χ1n) is 7.41. The molecule has 96 valence electrons. The molecule has 1 nitrogen and oxygen atoms in total. The second kappa shape index (κ2) is 4.41. The fourth-order valence-electron chi connectivity index (χ4n) is 3.52. The molecule has 2 aromatic carbocycles. The molecule has 1 aliphatic carbocycles. The Morgan fingerprint density at radius 1 is 0.789 bits per heavy atom. The number of aromatic nitrogens is 1. The summed E-state index contributed by atoms with van der Waals surface area (Å²) in [6, 6.07) is 16.3. The summed E-state index contributed by atoms with van der Waals surface area (Å²) in [4.78, 5) is 0. The van der Waals surface area contributed by atoms with E-state index in [4.69, 9.17) is 0 Å². The predicted molar refractivity (Wildman–Crippen MR) is 81.6 cm³/mol. The van der Waals surface area contributed by atoms with Gasteiger partial charge in [0.05, 0.1) is 0 Å². The zero-order valence-electron chi connectivity index (χ0n) is 11.2. The van der Waals surface area contributed by atoms with E-state index in [-0.39, 0.29) is 0 Å². The summed E-state index contributed by atoms with van der Waals surface area (Å²) in [5.41, 5.74) is 1.41. The maximum absolute atomic E-state index is 2.51. The Bertz CT molecular complexity index is 717. The normalized spacial score (nSPS) is 17.3. The molecule has 0 radical (unpaired) electrons. The molecule has 1 saturated carbocycles. The molecular formula is C18H19N. The van der Waals surface area contributed by atoms with Gasteiger partial charge in [-0.3, -0.25) is 0 Å². The minimum atomic E-state index is 0.715. The third-order valence-corrected chi connectivity index (χ3v) is 4.56. The van der Waals surface area contributed by atoms with E-state index in [9.17, 15) is 0 Å². The zero-order valence-corrected chi connectivity index (χ0v) is 11.2. The number of nitrogens with zero attached hydrogens (tertiary/aromatic N) is 1. The summed E-state index contributed by atoms with van der Waals surface area (Å²) in [5, 5.41) is 4.08. The Kier molecular flexibility index (Phi) is 2.58. The molecule has 0 unspecified atom stereocenters. The van der Waals surface area contributed by atoms with Crippen molar-refractivity contribution in [3.8, 4) is 0 Å². The maximum Gasteiger partial charge on any atom is 0.0489 e. The highest BCUT2D eigenvalue weighted by atomic mass is 15.0. The highest BCUT2D eigenvalue weighted by molar-refractivity contribution is 5.97. The van der Waals surface area contributed by atoms with Gasteiger partial charge in [0.15, 0.2) is 0 Å². The number of fused-ring (bicyclic) bond motifs is 2. The van der Waals surface area contributed by atoms with E-state index < -0.39 is 0 Å². The third kappa shape index (κ3) is 1.85. The van der Waals surface area contributed by atoms with Crippen LogP contribution in [0, 0.1) is 0 Å². The van der Waals surface area contributed by atoms with E-state index in [1.807, 2.05) is 0 Å². The summed E-state index contributed by atoms with van der Waals surface area (Å²) in [6.07, 6.45) is 9.17. The molecule has 3 aromatic rings. The maximum atomic E-state index is 2.51. The molecule has 0 bridgehead atoms. The lowest BCUT2D eigenvalue weighted by atomic mass is 9.95. The van der Waals surface area contributed by atoms with Crippen LogP contribution in [0.1, 0.15) is 38.1 Å². The van der Waals surface area contributed by atoms with Gasteiger partial charge in [0.1, 0.15) is 0 Å². The monoisotopic (exact) mass is 249 g/mol. The van der Waals surface area contributed by atoms with Gasteiger partial charge in [-0.25, -0.2) is 0 Å². The molecule has 0 aliphatic heterocycles. The van der Waals surface area contributed by atoms with Crippen LogP contribution in [0.25, 0.3) is 21.7 Å². The standard InChI is InChI=1S/C18H19N/c1-2-8-17(9-3-1)19-11-10-16-12-14-6-4-5-7-15(14)13-18(16)19/h4-7,10-13,17H,1-3,8-9H2. The van der Waals surface area contributed by atoms with Crippen LogP contribution in [-0.2, 0) is 0 Å². The lowest BCUT2D eigenvalue weighted by Crippen LogP contribution is -2.11. The highest BCUT2D eigenvalue weighted by Gasteiger charge is 2.16. The van der Waals surface area contributed by atoms with Gasteiger partial charge in [-0.1, -0.05) is 43.5 Å². The van der Waals surface area contributed by atoms with E-state index in [1.54, 1.807) is 0 Å². The van der Waals surface area contributed by atoms with Crippen LogP contribution in [0.5, 0.6) is 0 Å². The van der Waals surface area contributed by atoms with Crippen molar-refractivity contribution in [1.29, 1.82) is 0 Å². The second-order valence-corrected chi connectivity index (χ2v) is 5.77. The van der Waals surface area contributed by atoms with Crippen LogP contribution in [0.3, 0.4) is 0 Å². The molecule has 1 aromatic heterocycles. The zero-order chi connectivity index (χ0) is 12.7. The first-order chi connectivity index (χ1) is 9.42. The van der Waals surface area contributed by atoms with Gasteiger partial charge in [-0.05, 0) is 41.8 Å². The molecule has 1 heterocycles. The Morgan fingerprint density at radius 3 is 2.32 bits per heavy atom. The summed E-state index contributed by atoms with van der Waals surface area (Å²) >= 11 is 0. The van der Waals surface area contributed by atoms with Crippen molar-refractivity contribution >= 4 is 21.7 Å². The summed E-state index contributed by atoms with van der Waals surface area (Å²) in [5.74, 6) is 0. The number of hydrogen-bond acceptors (Lipinski definition) is 0. The van der Waals surface area contributed by atoms with Crippen molar-refractivity contribution in [3.05, 3.63) is 48.7 Å². The smallest absolute Gasteiger partial charge is 0.0489 e. The molecular weight excluding hydrogens is 230 g/mol. The van der Waals surface area contributed by atoms with Gasteiger partial charge in [0, 0.05) is 23.1 Å². The minimum absolute atomic E-state index is 0.715. The van der Waals surface area contributed by atoms with Gasteiger partial charge in [0.2, 0.25) is 0 Å². The Morgan fingerprint density at radius 2 is 1.53 bits per heavy atom. The molecule has 0 spiro atoms. The van der Waals surface area contributed by atoms with Crippen LogP contribution < -0.4 is 0 Å². The summed E-state index contributed by atoms with van der Waals surface area (Å²) in [7, 11) is 0. The Hall–Kier alpha value is -1.76. The van der Waals surface area contributed by atoms with Gasteiger partial charge >= 0.3 is 0 Å². The molecule has 0 N–H and O–H groups in total. The van der Waals surface area contributed by atoms with E-state index in [0.29, 0.717) is 6.04 Å². The van der Waals surface area contributed by atoms with Gasteiger partial charge < -0.3 is 4.57 Å². The Balaban J connectivity index is 1.89. The highest BCUT2D eigenvalue weighted by Crippen LogP contribution is 2.33. The first kappa shape index (κ1) is 11.1. The SMILES string of the molecule is c1ccc2cc3c(ccn3C3CCCCC3)cc2c1. The lowest BCUT2D eigenvalue weighted by molar-refractivity contribution is 0.361. The van der Waals surface area contributed by atoms with Crippen LogP contribution in [-0.4, -0.2) is 4.57 Å². The fraction of sp³-hybridized carbons (Fsp3) is 0.333. The molecule has 1 aliphatic rings. The third-order valence-electron chi connectivity index (χ3n) is 4.56. The van der Waals surface area contributed by atoms with Crippen molar-refractivity contribution in [2.75, 3.05) is 0 Å². The fourth-order valence-corrected chi connectivity index (χ4v) is 3.52. The quantitative estimate of drug-likeness (QED) is 0.551. The van der Waals surface area contributed by atoms with Crippen LogP contribution in [0.15, 0.2) is 48.7 Å². The van der Waals surface area contributed by atoms with E-state index in [2.05, 4.69) is 53.2 Å². The van der Waals surface area contributed by atoms with Crippen molar-refractivity contribution in [2.24, 2.45) is 0 Å². The number of benzene rings is 2. The largest absolute Gasteiger partial charge is 0.344 e. The Labute approximate surface area is 113 Å². The number of rotatable bonds is 1. The average molecular weight is 249 g/mol. The minimum Gasteiger partial charge on any atom is -0.344 e. The van der Waals surface area contributed by atoms with Gasteiger partial charge in [-0.15, -0.1) is 0 Å². The molecule has 1 fully saturated rings. The van der Waals surface area contributed by atoms with E-state index >= 15 is 0 Å². The van der Waals surface area contributed by atoms with Gasteiger partial charge in [-0.2, -0.15) is 0 Å². The van der Waals surface area contributed by atoms with Crippen molar-refractivity contribution in [1.82, 2.24) is 4.57 Å². The first-order valence-corrected chi connectivity index (χ1v) is 7.41. The molecule has 1 heteroatoms. The predicted octanol–water partition coefficient (Wildman–Crippen LogP) is 5.30. The number of hydrogen-bond donors (Lipinski definition) is 0. The molecule has 0 amide bonds. The van der Waals surface area contributed by atoms with E-state index in [0.717, 1.165) is 0 Å². The lowest BCUT2D eigenvalue weighted by Gasteiger charge is -2.24. The van der Waals surface area contributed by atoms with Crippen molar-refractivity contribution < 1.29 is 0 Å². The van der Waals surface area contributed by atoms with Crippen LogP contribution >= 0.6 is 0 Å². The molecule has 0 atom stereocenters. The van der Waals surface area contributed by atoms with Gasteiger partial charge in [0.25, 0.3) is 0 Å². The van der Waals surface area contributed by atoms with Crippen LogP contribution in [0.2, 0.25) is 0 Å².